The molecule has 0 aliphatic rings. The predicted molar refractivity (Wildman–Crippen MR) is 78.4 cm³/mol. The number of anilines is 2. The molecular formula is C14H18N4O2. The summed E-state index contributed by atoms with van der Waals surface area (Å²) in [6.45, 7) is 2.26. The summed E-state index contributed by atoms with van der Waals surface area (Å²) in [6.07, 6.45) is 0. The highest BCUT2D eigenvalue weighted by molar-refractivity contribution is 5.80. The lowest BCUT2D eigenvalue weighted by molar-refractivity contribution is -0.144. The van der Waals surface area contributed by atoms with E-state index in [0.29, 0.717) is 18.2 Å². The summed E-state index contributed by atoms with van der Waals surface area (Å²) in [7, 11) is 3.21. The molecule has 0 bridgehead atoms. The van der Waals surface area contributed by atoms with E-state index in [0.717, 1.165) is 11.0 Å². The van der Waals surface area contributed by atoms with Gasteiger partial charge in [0, 0.05) is 13.6 Å². The summed E-state index contributed by atoms with van der Waals surface area (Å²) in [5.41, 5.74) is 7.47. The number of fused-ring (bicyclic) bond motifs is 1. The van der Waals surface area contributed by atoms with Crippen molar-refractivity contribution in [3.63, 3.8) is 0 Å². The van der Waals surface area contributed by atoms with Gasteiger partial charge in [0.2, 0.25) is 0 Å². The van der Waals surface area contributed by atoms with Crippen LogP contribution in [0.25, 0.3) is 11.0 Å². The van der Waals surface area contributed by atoms with Gasteiger partial charge in [-0.2, -0.15) is 0 Å². The second-order valence-electron chi connectivity index (χ2n) is 4.73. The SMILES string of the molecule is COC(=O)C(C)CN(C)c1nc2ccccc2nc1N. The summed E-state index contributed by atoms with van der Waals surface area (Å²) in [5, 5.41) is 0. The average Bonchev–Trinajstić information content (AvgIpc) is 2.45. The fourth-order valence-corrected chi connectivity index (χ4v) is 2.06. The van der Waals surface area contributed by atoms with E-state index >= 15 is 0 Å². The third-order valence-corrected chi connectivity index (χ3v) is 3.09. The molecule has 1 heterocycles. The van der Waals surface area contributed by atoms with Gasteiger partial charge in [0.15, 0.2) is 11.6 Å². The maximum atomic E-state index is 11.5. The number of carbonyl (C=O) groups is 1. The molecule has 6 nitrogen and oxygen atoms in total. The number of nitrogens with two attached hydrogens (primary N) is 1. The molecule has 0 amide bonds. The van der Waals surface area contributed by atoms with E-state index in [1.54, 1.807) is 6.92 Å². The molecule has 2 rings (SSSR count). The number of aromatic nitrogens is 2. The first-order valence-corrected chi connectivity index (χ1v) is 6.34. The Balaban J connectivity index is 2.27. The molecule has 2 aromatic rings. The molecule has 0 fully saturated rings. The number of ether oxygens (including phenoxy) is 1. The highest BCUT2D eigenvalue weighted by Crippen LogP contribution is 2.22. The van der Waals surface area contributed by atoms with Gasteiger partial charge in [0.1, 0.15) is 0 Å². The number of hydrogen-bond acceptors (Lipinski definition) is 6. The maximum absolute atomic E-state index is 11.5. The van der Waals surface area contributed by atoms with E-state index in [2.05, 4.69) is 9.97 Å². The van der Waals surface area contributed by atoms with E-state index in [-0.39, 0.29) is 11.9 Å². The number of carbonyl (C=O) groups excluding carboxylic acids is 1. The summed E-state index contributed by atoms with van der Waals surface area (Å²) in [6, 6.07) is 7.52. The third kappa shape index (κ3) is 2.79. The first kappa shape index (κ1) is 14.0. The average molecular weight is 274 g/mol. The number of para-hydroxylation sites is 2. The van der Waals surface area contributed by atoms with Gasteiger partial charge in [-0.3, -0.25) is 4.79 Å². The number of nitrogen functional groups attached to an aromatic ring is 1. The topological polar surface area (TPSA) is 81.3 Å². The Hall–Kier alpha value is -2.37. The highest BCUT2D eigenvalue weighted by Gasteiger charge is 2.18. The fourth-order valence-electron chi connectivity index (χ4n) is 2.06. The minimum absolute atomic E-state index is 0.260. The maximum Gasteiger partial charge on any atom is 0.310 e. The largest absolute Gasteiger partial charge is 0.469 e. The summed E-state index contributed by atoms with van der Waals surface area (Å²) >= 11 is 0. The van der Waals surface area contributed by atoms with Gasteiger partial charge in [-0.15, -0.1) is 0 Å². The van der Waals surface area contributed by atoms with Gasteiger partial charge in [-0.05, 0) is 12.1 Å². The number of benzene rings is 1. The van der Waals surface area contributed by atoms with Crippen molar-refractivity contribution in [3.05, 3.63) is 24.3 Å². The van der Waals surface area contributed by atoms with Crippen molar-refractivity contribution in [1.82, 2.24) is 9.97 Å². The molecular weight excluding hydrogens is 256 g/mol. The molecule has 1 aromatic heterocycles. The van der Waals surface area contributed by atoms with Gasteiger partial charge < -0.3 is 15.4 Å². The Labute approximate surface area is 117 Å². The summed E-state index contributed by atoms with van der Waals surface area (Å²) in [4.78, 5) is 22.1. The van der Waals surface area contributed by atoms with Crippen LogP contribution in [-0.4, -0.2) is 36.6 Å². The molecule has 6 heteroatoms. The molecule has 0 saturated heterocycles. The van der Waals surface area contributed by atoms with Crippen LogP contribution >= 0.6 is 0 Å². The van der Waals surface area contributed by atoms with E-state index in [9.17, 15) is 4.79 Å². The van der Waals surface area contributed by atoms with Crippen molar-refractivity contribution in [3.8, 4) is 0 Å². The summed E-state index contributed by atoms with van der Waals surface area (Å²) < 4.78 is 4.72. The Morgan fingerprint density at radius 1 is 1.35 bits per heavy atom. The van der Waals surface area contributed by atoms with Crippen LogP contribution in [-0.2, 0) is 9.53 Å². The lowest BCUT2D eigenvalue weighted by atomic mass is 10.2. The van der Waals surface area contributed by atoms with Gasteiger partial charge in [-0.1, -0.05) is 19.1 Å². The van der Waals surface area contributed by atoms with Crippen LogP contribution in [0.4, 0.5) is 11.6 Å². The second kappa shape index (κ2) is 5.73. The number of rotatable bonds is 4. The van der Waals surface area contributed by atoms with Crippen molar-refractivity contribution in [2.75, 3.05) is 31.3 Å². The summed E-state index contributed by atoms with van der Waals surface area (Å²) in [5.74, 6) is 0.393. The third-order valence-electron chi connectivity index (χ3n) is 3.09. The number of nitrogens with zero attached hydrogens (tertiary/aromatic N) is 3. The van der Waals surface area contributed by atoms with Crippen LogP contribution in [0.1, 0.15) is 6.92 Å². The zero-order valence-corrected chi connectivity index (χ0v) is 11.8. The molecule has 1 unspecified atom stereocenters. The molecule has 106 valence electrons. The Morgan fingerprint density at radius 3 is 2.55 bits per heavy atom. The van der Waals surface area contributed by atoms with Crippen molar-refractivity contribution >= 4 is 28.6 Å². The first-order chi connectivity index (χ1) is 9.52. The predicted octanol–water partition coefficient (Wildman–Crippen LogP) is 1.46. The van der Waals surface area contributed by atoms with E-state index in [1.165, 1.54) is 7.11 Å². The van der Waals surface area contributed by atoms with Crippen LogP contribution in [0.3, 0.4) is 0 Å². The Kier molecular flexibility index (Phi) is 4.02. The molecule has 1 aromatic carbocycles. The molecule has 2 N–H and O–H groups in total. The molecule has 20 heavy (non-hydrogen) atoms. The highest BCUT2D eigenvalue weighted by atomic mass is 16.5. The quantitative estimate of drug-likeness (QED) is 0.850. The van der Waals surface area contributed by atoms with Gasteiger partial charge >= 0.3 is 5.97 Å². The number of methoxy groups -OCH3 is 1. The monoisotopic (exact) mass is 274 g/mol. The Bertz CT molecular complexity index is 630. The molecule has 0 aliphatic heterocycles. The van der Waals surface area contributed by atoms with Gasteiger partial charge in [0.25, 0.3) is 0 Å². The molecule has 0 spiro atoms. The van der Waals surface area contributed by atoms with Crippen LogP contribution in [0.5, 0.6) is 0 Å². The second-order valence-corrected chi connectivity index (χ2v) is 4.73. The lowest BCUT2D eigenvalue weighted by Crippen LogP contribution is -2.30. The minimum atomic E-state index is -0.266. The number of hydrogen-bond donors (Lipinski definition) is 1. The van der Waals surface area contributed by atoms with Crippen molar-refractivity contribution in [1.29, 1.82) is 0 Å². The number of esters is 1. The lowest BCUT2D eigenvalue weighted by Gasteiger charge is -2.22. The fraction of sp³-hybridized carbons (Fsp3) is 0.357. The zero-order chi connectivity index (χ0) is 14.7. The Morgan fingerprint density at radius 2 is 1.95 bits per heavy atom. The standard InChI is InChI=1S/C14H18N4O2/c1-9(14(19)20-3)8-18(2)13-12(15)16-10-6-4-5-7-11(10)17-13/h4-7,9H,8H2,1-3H3,(H2,15,16). The van der Waals surface area contributed by atoms with Crippen molar-refractivity contribution < 1.29 is 9.53 Å². The molecule has 0 aliphatic carbocycles. The van der Waals surface area contributed by atoms with Crippen LogP contribution in [0, 0.1) is 5.92 Å². The normalized spacial score (nSPS) is 12.2. The van der Waals surface area contributed by atoms with Crippen LogP contribution in [0.15, 0.2) is 24.3 Å². The molecule has 0 radical (unpaired) electrons. The van der Waals surface area contributed by atoms with E-state index < -0.39 is 0 Å². The molecule has 1 atom stereocenters. The molecule has 0 saturated carbocycles. The van der Waals surface area contributed by atoms with Crippen molar-refractivity contribution in [2.45, 2.75) is 6.92 Å². The van der Waals surface area contributed by atoms with E-state index in [1.807, 2.05) is 36.2 Å². The van der Waals surface area contributed by atoms with Crippen LogP contribution < -0.4 is 10.6 Å². The van der Waals surface area contributed by atoms with Crippen molar-refractivity contribution in [2.24, 2.45) is 5.92 Å². The van der Waals surface area contributed by atoms with Gasteiger partial charge in [0.05, 0.1) is 24.1 Å². The van der Waals surface area contributed by atoms with E-state index in [4.69, 9.17) is 10.5 Å². The minimum Gasteiger partial charge on any atom is -0.469 e. The van der Waals surface area contributed by atoms with Crippen LogP contribution in [0.2, 0.25) is 0 Å². The smallest absolute Gasteiger partial charge is 0.310 e. The van der Waals surface area contributed by atoms with Gasteiger partial charge in [-0.25, -0.2) is 9.97 Å². The zero-order valence-electron chi connectivity index (χ0n) is 11.8. The first-order valence-electron chi connectivity index (χ1n) is 6.34.